The van der Waals surface area contributed by atoms with E-state index in [2.05, 4.69) is 9.72 Å². The minimum Gasteiger partial charge on any atom is -0.468 e. The molecule has 0 N–H and O–H groups in total. The number of ether oxygens (including phenoxy) is 1. The van der Waals surface area contributed by atoms with Crippen molar-refractivity contribution in [2.24, 2.45) is 0 Å². The fourth-order valence-corrected chi connectivity index (χ4v) is 3.02. The summed E-state index contributed by atoms with van der Waals surface area (Å²) in [5.74, 6) is -0.742. The van der Waals surface area contributed by atoms with Gasteiger partial charge in [-0.3, -0.25) is 9.59 Å². The van der Waals surface area contributed by atoms with Crippen molar-refractivity contribution in [3.05, 3.63) is 28.6 Å². The Morgan fingerprint density at radius 3 is 2.84 bits per heavy atom. The Labute approximate surface area is 118 Å². The lowest BCUT2D eigenvalue weighted by atomic mass is 10.4. The molecule has 0 aromatic carbocycles. The quantitative estimate of drug-likeness (QED) is 0.811. The summed E-state index contributed by atoms with van der Waals surface area (Å²) in [6.45, 7) is -0.0821. The van der Waals surface area contributed by atoms with Gasteiger partial charge in [0.15, 0.2) is 0 Å². The first-order chi connectivity index (χ1) is 9.11. The predicted molar refractivity (Wildman–Crippen MR) is 74.4 cm³/mol. The molecule has 0 saturated carbocycles. The first-order valence-electron chi connectivity index (χ1n) is 5.43. The van der Waals surface area contributed by atoms with Gasteiger partial charge in [-0.05, 0) is 11.4 Å². The van der Waals surface area contributed by atoms with Gasteiger partial charge in [0.05, 0.1) is 12.0 Å². The Morgan fingerprint density at radius 1 is 1.42 bits per heavy atom. The molecule has 2 aromatic rings. The number of carbonyl (C=O) groups is 2. The molecule has 0 aliphatic carbocycles. The molecule has 0 aliphatic rings. The number of nitrogens with zero attached hydrogens (tertiary/aromatic N) is 2. The van der Waals surface area contributed by atoms with Gasteiger partial charge in [-0.2, -0.15) is 0 Å². The van der Waals surface area contributed by atoms with Gasteiger partial charge in [0.25, 0.3) is 5.91 Å². The fourth-order valence-electron chi connectivity index (χ4n) is 1.41. The smallest absolute Gasteiger partial charge is 0.325 e. The molecule has 7 heteroatoms. The number of likely N-dealkylation sites (N-methyl/N-ethyl adjacent to an activating group) is 1. The number of thiazole rings is 1. The topological polar surface area (TPSA) is 59.5 Å². The highest BCUT2D eigenvalue weighted by atomic mass is 32.1. The third-order valence-electron chi connectivity index (χ3n) is 2.40. The average Bonchev–Trinajstić information content (AvgIpc) is 3.07. The number of methoxy groups -OCH3 is 1. The number of thiophene rings is 1. The second kappa shape index (κ2) is 5.94. The van der Waals surface area contributed by atoms with Gasteiger partial charge in [0.2, 0.25) is 0 Å². The third kappa shape index (κ3) is 3.18. The lowest BCUT2D eigenvalue weighted by molar-refractivity contribution is -0.141. The summed E-state index contributed by atoms with van der Waals surface area (Å²) in [6, 6.07) is 3.89. The monoisotopic (exact) mass is 296 g/mol. The minimum atomic E-state index is -0.454. The summed E-state index contributed by atoms with van der Waals surface area (Å²) in [7, 11) is 2.84. The number of carbonyl (C=O) groups excluding carboxylic acids is 2. The number of hydrogen-bond acceptors (Lipinski definition) is 6. The van der Waals surface area contributed by atoms with Gasteiger partial charge >= 0.3 is 5.97 Å². The summed E-state index contributed by atoms with van der Waals surface area (Å²) in [4.78, 5) is 29.8. The van der Waals surface area contributed by atoms with E-state index >= 15 is 0 Å². The van der Waals surface area contributed by atoms with Gasteiger partial charge < -0.3 is 9.64 Å². The van der Waals surface area contributed by atoms with E-state index in [1.165, 1.54) is 23.3 Å². The zero-order valence-corrected chi connectivity index (χ0v) is 12.1. The summed E-state index contributed by atoms with van der Waals surface area (Å²) in [5.41, 5.74) is 0.347. The second-order valence-corrected chi connectivity index (χ2v) is 5.56. The lowest BCUT2D eigenvalue weighted by Crippen LogP contribution is -2.32. The van der Waals surface area contributed by atoms with E-state index in [0.29, 0.717) is 5.69 Å². The largest absolute Gasteiger partial charge is 0.468 e. The maximum atomic E-state index is 12.0. The number of amides is 1. The van der Waals surface area contributed by atoms with Crippen molar-refractivity contribution in [2.75, 3.05) is 20.7 Å². The van der Waals surface area contributed by atoms with Crippen molar-refractivity contribution in [3.63, 3.8) is 0 Å². The van der Waals surface area contributed by atoms with Crippen molar-refractivity contribution in [3.8, 4) is 9.88 Å². The summed E-state index contributed by atoms with van der Waals surface area (Å²) >= 11 is 2.99. The molecule has 0 atom stereocenters. The van der Waals surface area contributed by atoms with Gasteiger partial charge in [-0.15, -0.1) is 22.7 Å². The van der Waals surface area contributed by atoms with Crippen molar-refractivity contribution in [1.29, 1.82) is 0 Å². The van der Waals surface area contributed by atoms with Crippen LogP contribution in [0.2, 0.25) is 0 Å². The van der Waals surface area contributed by atoms with Crippen LogP contribution >= 0.6 is 22.7 Å². The van der Waals surface area contributed by atoms with Crippen molar-refractivity contribution in [2.45, 2.75) is 0 Å². The van der Waals surface area contributed by atoms with Gasteiger partial charge in [-0.25, -0.2) is 4.98 Å². The SMILES string of the molecule is COC(=O)CN(C)C(=O)c1csc(-c2cccs2)n1. The molecule has 0 unspecified atom stereocenters. The zero-order valence-electron chi connectivity index (χ0n) is 10.5. The molecule has 0 saturated heterocycles. The van der Waals surface area contributed by atoms with E-state index in [0.717, 1.165) is 9.88 Å². The normalized spacial score (nSPS) is 10.2. The predicted octanol–water partition coefficient (Wildman–Crippen LogP) is 2.12. The highest BCUT2D eigenvalue weighted by Crippen LogP contribution is 2.27. The number of aromatic nitrogens is 1. The van der Waals surface area contributed by atoms with Gasteiger partial charge in [-0.1, -0.05) is 6.07 Å². The molecular weight excluding hydrogens is 284 g/mol. The summed E-state index contributed by atoms with van der Waals surface area (Å²) in [6.07, 6.45) is 0. The van der Waals surface area contributed by atoms with Crippen LogP contribution in [-0.2, 0) is 9.53 Å². The van der Waals surface area contributed by atoms with E-state index in [4.69, 9.17) is 0 Å². The molecule has 0 fully saturated rings. The van der Waals surface area contributed by atoms with Crippen LogP contribution in [0.25, 0.3) is 9.88 Å². The number of hydrogen-bond donors (Lipinski definition) is 0. The van der Waals surface area contributed by atoms with Crippen LogP contribution in [0.4, 0.5) is 0 Å². The first kappa shape index (κ1) is 13.7. The molecule has 2 heterocycles. The van der Waals surface area contributed by atoms with Crippen molar-refractivity contribution < 1.29 is 14.3 Å². The molecule has 0 spiro atoms. The van der Waals surface area contributed by atoms with Crippen LogP contribution in [0.15, 0.2) is 22.9 Å². The van der Waals surface area contributed by atoms with E-state index in [-0.39, 0.29) is 12.5 Å². The van der Waals surface area contributed by atoms with E-state index in [1.54, 1.807) is 23.8 Å². The Kier molecular flexibility index (Phi) is 4.28. The van der Waals surface area contributed by atoms with Crippen LogP contribution in [0.3, 0.4) is 0 Å². The molecule has 100 valence electrons. The van der Waals surface area contributed by atoms with Crippen LogP contribution in [0.1, 0.15) is 10.5 Å². The maximum absolute atomic E-state index is 12.0. The molecule has 5 nitrogen and oxygen atoms in total. The van der Waals surface area contributed by atoms with E-state index in [1.807, 2.05) is 17.5 Å². The lowest BCUT2D eigenvalue weighted by Gasteiger charge is -2.13. The Hall–Kier alpha value is -1.73. The van der Waals surface area contributed by atoms with E-state index in [9.17, 15) is 9.59 Å². The van der Waals surface area contributed by atoms with Gasteiger partial charge in [0.1, 0.15) is 17.2 Å². The molecule has 2 aromatic heterocycles. The average molecular weight is 296 g/mol. The fraction of sp³-hybridized carbons (Fsp3) is 0.250. The van der Waals surface area contributed by atoms with Crippen LogP contribution in [-0.4, -0.2) is 42.5 Å². The highest BCUT2D eigenvalue weighted by molar-refractivity contribution is 7.20. The molecule has 0 radical (unpaired) electrons. The number of rotatable bonds is 4. The summed E-state index contributed by atoms with van der Waals surface area (Å²) < 4.78 is 4.52. The Morgan fingerprint density at radius 2 is 2.21 bits per heavy atom. The highest BCUT2D eigenvalue weighted by Gasteiger charge is 2.18. The molecule has 0 aliphatic heterocycles. The molecular formula is C12H12N2O3S2. The first-order valence-corrected chi connectivity index (χ1v) is 7.19. The van der Waals surface area contributed by atoms with E-state index < -0.39 is 5.97 Å². The molecule has 1 amide bonds. The number of esters is 1. The Bertz CT molecular complexity index is 578. The maximum Gasteiger partial charge on any atom is 0.325 e. The van der Waals surface area contributed by atoms with Crippen LogP contribution in [0.5, 0.6) is 0 Å². The molecule has 0 bridgehead atoms. The standard InChI is InChI=1S/C12H12N2O3S2/c1-14(6-10(15)17-2)12(16)8-7-19-11(13-8)9-4-3-5-18-9/h3-5,7H,6H2,1-2H3. The Balaban J connectivity index is 2.10. The zero-order chi connectivity index (χ0) is 13.8. The van der Waals surface area contributed by atoms with Crippen molar-refractivity contribution in [1.82, 2.24) is 9.88 Å². The third-order valence-corrected chi connectivity index (χ3v) is 4.28. The molecule has 19 heavy (non-hydrogen) atoms. The minimum absolute atomic E-state index is 0.0821. The van der Waals surface area contributed by atoms with Crippen molar-refractivity contribution >= 4 is 34.6 Å². The van der Waals surface area contributed by atoms with Gasteiger partial charge in [0, 0.05) is 12.4 Å². The van der Waals surface area contributed by atoms with Crippen LogP contribution < -0.4 is 0 Å². The summed E-state index contributed by atoms with van der Waals surface area (Å²) in [5, 5.41) is 4.47. The second-order valence-electron chi connectivity index (χ2n) is 3.75. The molecule has 2 rings (SSSR count). The van der Waals surface area contributed by atoms with Crippen LogP contribution in [0, 0.1) is 0 Å².